The Balaban J connectivity index is 1.67. The molecule has 0 amide bonds. The van der Waals surface area contributed by atoms with Gasteiger partial charge in [-0.1, -0.05) is 18.2 Å². The van der Waals surface area contributed by atoms with Crippen LogP contribution in [0.4, 0.5) is 0 Å². The molecule has 1 atom stereocenters. The van der Waals surface area contributed by atoms with Gasteiger partial charge < -0.3 is 20.7 Å². The number of rotatable bonds is 5. The molecule has 1 aliphatic rings. The normalized spacial score (nSPS) is 17.8. The predicted molar refractivity (Wildman–Crippen MR) is 91.7 cm³/mol. The first-order chi connectivity index (χ1) is 10.5. The summed E-state index contributed by atoms with van der Waals surface area (Å²) in [5.41, 5.74) is 1.42. The number of nitrogens with one attached hydrogen (secondary N) is 3. The van der Waals surface area contributed by atoms with Crippen molar-refractivity contribution >= 4 is 5.96 Å². The lowest BCUT2D eigenvalue weighted by molar-refractivity contribution is 0.235. The Kier molecular flexibility index (Phi) is 5.66. The molecule has 1 aromatic carbocycles. The maximum Gasteiger partial charge on any atom is 0.191 e. The Morgan fingerprint density at radius 1 is 1.23 bits per heavy atom. The first kappa shape index (κ1) is 16.6. The van der Waals surface area contributed by atoms with Crippen LogP contribution >= 0.6 is 0 Å². The Morgan fingerprint density at radius 3 is 2.68 bits per heavy atom. The minimum absolute atomic E-state index is 0.141. The zero-order valence-corrected chi connectivity index (χ0v) is 14.1. The van der Waals surface area contributed by atoms with Crippen molar-refractivity contribution in [1.82, 2.24) is 16.0 Å². The molecule has 5 nitrogen and oxygen atoms in total. The molecule has 0 spiro atoms. The molecule has 0 fully saturated rings. The number of fused-ring (bicyclic) bond motifs is 1. The number of ether oxygens (including phenoxy) is 1. The van der Waals surface area contributed by atoms with Gasteiger partial charge >= 0.3 is 0 Å². The summed E-state index contributed by atoms with van der Waals surface area (Å²) in [6.07, 6.45) is 1.12. The van der Waals surface area contributed by atoms with E-state index in [1.165, 1.54) is 5.56 Å². The second kappa shape index (κ2) is 7.49. The Labute approximate surface area is 133 Å². The molecule has 5 heteroatoms. The molecule has 1 aromatic rings. The maximum absolute atomic E-state index is 5.91. The standard InChI is InChI=1S/C17H28N4O/c1-17(2,3)21-10-9-19-16(18-4)20-12-14-11-13-7-5-6-8-15(13)22-14/h5-8,14,21H,9-12H2,1-4H3,(H2,18,19,20). The van der Waals surface area contributed by atoms with Crippen molar-refractivity contribution in [3.8, 4) is 5.75 Å². The van der Waals surface area contributed by atoms with E-state index in [1.54, 1.807) is 7.05 Å². The summed E-state index contributed by atoms with van der Waals surface area (Å²) in [5.74, 6) is 1.82. The fourth-order valence-corrected chi connectivity index (χ4v) is 2.42. The molecule has 0 radical (unpaired) electrons. The molecule has 3 N–H and O–H groups in total. The highest BCUT2D eigenvalue weighted by molar-refractivity contribution is 5.79. The average molecular weight is 304 g/mol. The third-order valence-corrected chi connectivity index (χ3v) is 3.51. The topological polar surface area (TPSA) is 57.7 Å². The largest absolute Gasteiger partial charge is 0.488 e. The molecule has 2 rings (SSSR count). The Hall–Kier alpha value is -1.75. The van der Waals surface area contributed by atoms with E-state index in [9.17, 15) is 0 Å². The van der Waals surface area contributed by atoms with E-state index in [-0.39, 0.29) is 11.6 Å². The van der Waals surface area contributed by atoms with Gasteiger partial charge in [0.1, 0.15) is 11.9 Å². The van der Waals surface area contributed by atoms with Gasteiger partial charge in [-0.25, -0.2) is 0 Å². The molecule has 1 aliphatic heterocycles. The third-order valence-electron chi connectivity index (χ3n) is 3.51. The van der Waals surface area contributed by atoms with E-state index in [0.29, 0.717) is 0 Å². The van der Waals surface area contributed by atoms with Gasteiger partial charge in [-0.15, -0.1) is 0 Å². The van der Waals surface area contributed by atoms with Gasteiger partial charge in [0, 0.05) is 32.1 Å². The first-order valence-corrected chi connectivity index (χ1v) is 7.92. The van der Waals surface area contributed by atoms with Gasteiger partial charge in [0.2, 0.25) is 0 Å². The van der Waals surface area contributed by atoms with Gasteiger partial charge in [0.05, 0.1) is 6.54 Å². The second-order valence-corrected chi connectivity index (χ2v) is 6.61. The van der Waals surface area contributed by atoms with Crippen LogP contribution in [0, 0.1) is 0 Å². The van der Waals surface area contributed by atoms with Gasteiger partial charge in [-0.05, 0) is 32.4 Å². The molecule has 122 valence electrons. The Bertz CT molecular complexity index is 483. The first-order valence-electron chi connectivity index (χ1n) is 7.92. The molecule has 1 heterocycles. The summed E-state index contributed by atoms with van der Waals surface area (Å²) < 4.78 is 5.91. The lowest BCUT2D eigenvalue weighted by atomic mass is 10.1. The van der Waals surface area contributed by atoms with Crippen molar-refractivity contribution < 1.29 is 4.74 Å². The van der Waals surface area contributed by atoms with Crippen molar-refractivity contribution in [3.05, 3.63) is 29.8 Å². The summed E-state index contributed by atoms with van der Waals surface area (Å²) >= 11 is 0. The average Bonchev–Trinajstić information content (AvgIpc) is 2.88. The van der Waals surface area contributed by atoms with E-state index < -0.39 is 0 Å². The molecule has 0 bridgehead atoms. The zero-order chi connectivity index (χ0) is 16.0. The zero-order valence-electron chi connectivity index (χ0n) is 14.1. The van der Waals surface area contributed by atoms with Crippen molar-refractivity contribution in [3.63, 3.8) is 0 Å². The van der Waals surface area contributed by atoms with Crippen molar-refractivity contribution in [2.75, 3.05) is 26.7 Å². The van der Waals surface area contributed by atoms with Crippen LogP contribution in [0.15, 0.2) is 29.3 Å². The number of nitrogens with zero attached hydrogens (tertiary/aromatic N) is 1. The van der Waals surface area contributed by atoms with Gasteiger partial charge in [0.25, 0.3) is 0 Å². The van der Waals surface area contributed by atoms with Crippen LogP contribution in [0.5, 0.6) is 5.75 Å². The van der Waals surface area contributed by atoms with E-state index in [0.717, 1.165) is 37.8 Å². The molecule has 0 aromatic heterocycles. The smallest absolute Gasteiger partial charge is 0.191 e. The summed E-state index contributed by atoms with van der Waals surface area (Å²) in [4.78, 5) is 4.24. The van der Waals surface area contributed by atoms with Gasteiger partial charge in [0.15, 0.2) is 5.96 Å². The molecule has 0 saturated carbocycles. The number of guanidine groups is 1. The number of para-hydroxylation sites is 1. The molecule has 0 saturated heterocycles. The third kappa shape index (κ3) is 5.22. The highest BCUT2D eigenvalue weighted by Gasteiger charge is 2.22. The number of hydrogen-bond acceptors (Lipinski definition) is 3. The van der Waals surface area contributed by atoms with Crippen LogP contribution in [0.1, 0.15) is 26.3 Å². The van der Waals surface area contributed by atoms with Crippen LogP contribution in [0.3, 0.4) is 0 Å². The summed E-state index contributed by atoms with van der Waals surface area (Å²) in [5, 5.41) is 10.1. The predicted octanol–water partition coefficient (Wildman–Crippen LogP) is 1.54. The van der Waals surface area contributed by atoms with Crippen LogP contribution < -0.4 is 20.7 Å². The fourth-order valence-electron chi connectivity index (χ4n) is 2.42. The minimum Gasteiger partial charge on any atom is -0.488 e. The summed E-state index contributed by atoms with van der Waals surface area (Å²) in [6, 6.07) is 8.22. The monoisotopic (exact) mass is 304 g/mol. The second-order valence-electron chi connectivity index (χ2n) is 6.61. The lowest BCUT2D eigenvalue weighted by Gasteiger charge is -2.21. The van der Waals surface area contributed by atoms with Crippen molar-refractivity contribution in [1.29, 1.82) is 0 Å². The Morgan fingerprint density at radius 2 is 2.00 bits per heavy atom. The van der Waals surface area contributed by atoms with Crippen molar-refractivity contribution in [2.45, 2.75) is 38.8 Å². The van der Waals surface area contributed by atoms with E-state index in [2.05, 4.69) is 53.8 Å². The van der Waals surface area contributed by atoms with Crippen molar-refractivity contribution in [2.24, 2.45) is 4.99 Å². The number of benzene rings is 1. The van der Waals surface area contributed by atoms with E-state index in [4.69, 9.17) is 4.74 Å². The molecular weight excluding hydrogens is 276 g/mol. The summed E-state index contributed by atoms with van der Waals surface area (Å²) in [6.45, 7) is 8.97. The molecule has 1 unspecified atom stereocenters. The van der Waals surface area contributed by atoms with Crippen LogP contribution in [-0.2, 0) is 6.42 Å². The minimum atomic E-state index is 0.141. The number of hydrogen-bond donors (Lipinski definition) is 3. The molecular formula is C17H28N4O. The molecule has 22 heavy (non-hydrogen) atoms. The van der Waals surface area contributed by atoms with Crippen LogP contribution in [0.2, 0.25) is 0 Å². The van der Waals surface area contributed by atoms with Crippen LogP contribution in [-0.4, -0.2) is 44.3 Å². The van der Waals surface area contributed by atoms with E-state index >= 15 is 0 Å². The van der Waals surface area contributed by atoms with Crippen LogP contribution in [0.25, 0.3) is 0 Å². The maximum atomic E-state index is 5.91. The quantitative estimate of drug-likeness (QED) is 0.439. The van der Waals surface area contributed by atoms with Gasteiger partial charge in [-0.2, -0.15) is 0 Å². The van der Waals surface area contributed by atoms with Gasteiger partial charge in [-0.3, -0.25) is 4.99 Å². The highest BCUT2D eigenvalue weighted by Crippen LogP contribution is 2.27. The fraction of sp³-hybridized carbons (Fsp3) is 0.588. The summed E-state index contributed by atoms with van der Waals surface area (Å²) in [7, 11) is 1.79. The highest BCUT2D eigenvalue weighted by atomic mass is 16.5. The lowest BCUT2D eigenvalue weighted by Crippen LogP contribution is -2.46. The number of aliphatic imine (C=N–C) groups is 1. The SMILES string of the molecule is CN=C(NCCNC(C)(C)C)NCC1Cc2ccccc2O1. The van der Waals surface area contributed by atoms with E-state index in [1.807, 2.05) is 12.1 Å². The molecule has 0 aliphatic carbocycles.